The van der Waals surface area contributed by atoms with Gasteiger partial charge in [-0.05, 0) is 17.3 Å². The first-order valence-electron chi connectivity index (χ1n) is 8.49. The lowest BCUT2D eigenvalue weighted by atomic mass is 10.1. The number of nitrogens with one attached hydrogen (secondary N) is 1. The molecule has 3 N–H and O–H groups in total. The molecule has 0 unspecified atom stereocenters. The molecule has 1 aliphatic rings. The van der Waals surface area contributed by atoms with Crippen LogP contribution in [-0.4, -0.2) is 69.8 Å². The van der Waals surface area contributed by atoms with Gasteiger partial charge in [0.2, 0.25) is 0 Å². The van der Waals surface area contributed by atoms with Crippen molar-refractivity contribution in [3.8, 4) is 0 Å². The number of aliphatic hydroxyl groups excluding tert-OH is 2. The molecule has 144 valence electrons. The van der Waals surface area contributed by atoms with Crippen molar-refractivity contribution in [1.82, 2.24) is 34.7 Å². The standard InChI is InChI=1S/C16H15N7O5/c24-12-10(5-27-23-9-4-2-1-3-8(9)20-21-23)28-16(13(12)25)22-7-19-11-14(22)17-6-18-15(11)26/h1-4,6-7,10,12-13,16,24-25H,5H2,(H,17,18,26)/t10-,12-,13-,16-/m1/s1. The minimum Gasteiger partial charge on any atom is -0.392 e. The van der Waals surface area contributed by atoms with E-state index >= 15 is 0 Å². The summed E-state index contributed by atoms with van der Waals surface area (Å²) < 4.78 is 7.18. The Bertz CT molecular complexity index is 1200. The maximum absolute atomic E-state index is 11.8. The number of H-pyrrole nitrogens is 1. The smallest absolute Gasteiger partial charge is 0.278 e. The van der Waals surface area contributed by atoms with Gasteiger partial charge in [-0.1, -0.05) is 17.0 Å². The van der Waals surface area contributed by atoms with Gasteiger partial charge in [0, 0.05) is 0 Å². The molecule has 0 spiro atoms. The van der Waals surface area contributed by atoms with Crippen molar-refractivity contribution in [3.63, 3.8) is 0 Å². The Morgan fingerprint density at radius 2 is 2.07 bits per heavy atom. The number of benzene rings is 1. The van der Waals surface area contributed by atoms with E-state index in [1.54, 1.807) is 12.1 Å². The first kappa shape index (κ1) is 16.8. The Kier molecular flexibility index (Phi) is 3.82. The number of hydrogen-bond acceptors (Lipinski definition) is 9. The molecule has 1 aliphatic heterocycles. The first-order valence-corrected chi connectivity index (χ1v) is 8.49. The lowest BCUT2D eigenvalue weighted by Gasteiger charge is -2.16. The third-order valence-corrected chi connectivity index (χ3v) is 4.66. The molecule has 1 aromatic carbocycles. The van der Waals surface area contributed by atoms with Gasteiger partial charge in [-0.25, -0.2) is 9.97 Å². The predicted octanol–water partition coefficient (Wildman–Crippen LogP) is -1.39. The summed E-state index contributed by atoms with van der Waals surface area (Å²) in [5.74, 6) is 0. The summed E-state index contributed by atoms with van der Waals surface area (Å²) in [4.78, 5) is 29.1. The number of hydrogen-bond donors (Lipinski definition) is 3. The molecule has 3 aromatic heterocycles. The molecule has 0 aliphatic carbocycles. The number of imidazole rings is 1. The average Bonchev–Trinajstić information content (AvgIpc) is 3.39. The second-order valence-electron chi connectivity index (χ2n) is 6.35. The quantitative estimate of drug-likeness (QED) is 0.385. The molecular formula is C16H15N7O5. The van der Waals surface area contributed by atoms with Gasteiger partial charge in [0.1, 0.15) is 36.0 Å². The Labute approximate surface area is 155 Å². The highest BCUT2D eigenvalue weighted by Crippen LogP contribution is 2.30. The zero-order valence-electron chi connectivity index (χ0n) is 14.3. The minimum absolute atomic E-state index is 0.0806. The van der Waals surface area contributed by atoms with Crippen molar-refractivity contribution in [2.75, 3.05) is 6.61 Å². The van der Waals surface area contributed by atoms with Crippen molar-refractivity contribution < 1.29 is 19.8 Å². The van der Waals surface area contributed by atoms with Crippen molar-refractivity contribution in [2.24, 2.45) is 0 Å². The second kappa shape index (κ2) is 6.37. The summed E-state index contributed by atoms with van der Waals surface area (Å²) in [5, 5.41) is 28.7. The molecule has 0 saturated carbocycles. The molecular weight excluding hydrogens is 370 g/mol. The maximum Gasteiger partial charge on any atom is 0.278 e. The highest BCUT2D eigenvalue weighted by Gasteiger charge is 2.45. The summed E-state index contributed by atoms with van der Waals surface area (Å²) in [6.07, 6.45) is -1.74. The van der Waals surface area contributed by atoms with Crippen LogP contribution >= 0.6 is 0 Å². The summed E-state index contributed by atoms with van der Waals surface area (Å²) in [6, 6.07) is 7.24. The number of fused-ring (bicyclic) bond motifs is 2. The first-order chi connectivity index (χ1) is 13.6. The molecule has 12 nitrogen and oxygen atoms in total. The van der Waals surface area contributed by atoms with Crippen LogP contribution < -0.4 is 10.4 Å². The molecule has 28 heavy (non-hydrogen) atoms. The van der Waals surface area contributed by atoms with Crippen LogP contribution in [0.4, 0.5) is 0 Å². The Hall–Kier alpha value is -3.35. The molecule has 5 rings (SSSR count). The highest BCUT2D eigenvalue weighted by molar-refractivity contribution is 5.73. The Balaban J connectivity index is 1.37. The van der Waals surface area contributed by atoms with Gasteiger partial charge < -0.3 is 24.8 Å². The molecule has 0 amide bonds. The number of aliphatic hydroxyl groups is 2. The molecule has 4 atom stereocenters. The van der Waals surface area contributed by atoms with Gasteiger partial charge in [0.25, 0.3) is 5.56 Å². The maximum atomic E-state index is 11.8. The van der Waals surface area contributed by atoms with Crippen molar-refractivity contribution >= 4 is 22.2 Å². The van der Waals surface area contributed by atoms with Crippen molar-refractivity contribution in [2.45, 2.75) is 24.5 Å². The fraction of sp³-hybridized carbons (Fsp3) is 0.312. The number of aromatic amines is 1. The molecule has 1 saturated heterocycles. The van der Waals surface area contributed by atoms with Crippen LogP contribution in [0, 0.1) is 0 Å². The summed E-state index contributed by atoms with van der Waals surface area (Å²) in [7, 11) is 0. The largest absolute Gasteiger partial charge is 0.392 e. The SMILES string of the molecule is O=c1[nH]cnc2c1ncn2[C@@H]1O[C@H](COn2nnc3ccccc32)[C@@H](O)[C@H]1O. The van der Waals surface area contributed by atoms with Gasteiger partial charge in [-0.2, -0.15) is 0 Å². The van der Waals surface area contributed by atoms with E-state index < -0.39 is 30.1 Å². The zero-order valence-corrected chi connectivity index (χ0v) is 14.3. The molecule has 4 heterocycles. The Morgan fingerprint density at radius 3 is 2.96 bits per heavy atom. The van der Waals surface area contributed by atoms with Crippen molar-refractivity contribution in [3.05, 3.63) is 47.3 Å². The highest BCUT2D eigenvalue weighted by atomic mass is 16.7. The van der Waals surface area contributed by atoms with E-state index in [9.17, 15) is 15.0 Å². The Morgan fingerprint density at radius 1 is 1.21 bits per heavy atom. The van der Waals surface area contributed by atoms with Crippen LogP contribution in [0.1, 0.15) is 6.23 Å². The van der Waals surface area contributed by atoms with E-state index in [0.717, 1.165) is 0 Å². The van der Waals surface area contributed by atoms with Gasteiger partial charge >= 0.3 is 0 Å². The fourth-order valence-corrected chi connectivity index (χ4v) is 3.23. The third kappa shape index (κ3) is 2.54. The normalized spacial score (nSPS) is 24.9. The third-order valence-electron chi connectivity index (χ3n) is 4.66. The summed E-state index contributed by atoms with van der Waals surface area (Å²) >= 11 is 0. The minimum atomic E-state index is -1.26. The van der Waals surface area contributed by atoms with E-state index in [4.69, 9.17) is 9.57 Å². The van der Waals surface area contributed by atoms with Gasteiger partial charge in [0.15, 0.2) is 17.4 Å². The van der Waals surface area contributed by atoms with E-state index in [1.807, 2.05) is 12.1 Å². The van der Waals surface area contributed by atoms with Crippen LogP contribution in [0.15, 0.2) is 41.7 Å². The fourth-order valence-electron chi connectivity index (χ4n) is 3.23. The average molecular weight is 385 g/mol. The van der Waals surface area contributed by atoms with Crippen LogP contribution in [0.5, 0.6) is 0 Å². The summed E-state index contributed by atoms with van der Waals surface area (Å²) in [5.41, 5.74) is 1.27. The van der Waals surface area contributed by atoms with Crippen LogP contribution in [0.3, 0.4) is 0 Å². The van der Waals surface area contributed by atoms with E-state index in [2.05, 4.69) is 25.3 Å². The second-order valence-corrected chi connectivity index (χ2v) is 6.35. The molecule has 0 bridgehead atoms. The number of nitrogens with zero attached hydrogens (tertiary/aromatic N) is 6. The van der Waals surface area contributed by atoms with Crippen molar-refractivity contribution in [1.29, 1.82) is 0 Å². The topological polar surface area (TPSA) is 153 Å². The van der Waals surface area contributed by atoms with Crippen LogP contribution in [0.2, 0.25) is 0 Å². The van der Waals surface area contributed by atoms with Gasteiger partial charge in [-0.15, -0.1) is 5.10 Å². The number of aromatic nitrogens is 7. The van der Waals surface area contributed by atoms with E-state index in [-0.39, 0.29) is 17.8 Å². The van der Waals surface area contributed by atoms with E-state index in [1.165, 1.54) is 22.1 Å². The lowest BCUT2D eigenvalue weighted by Crippen LogP contribution is -2.36. The molecule has 1 fully saturated rings. The zero-order chi connectivity index (χ0) is 19.3. The van der Waals surface area contributed by atoms with Crippen LogP contribution in [-0.2, 0) is 4.74 Å². The van der Waals surface area contributed by atoms with Gasteiger partial charge in [0.05, 0.1) is 12.7 Å². The molecule has 12 heteroatoms. The summed E-state index contributed by atoms with van der Waals surface area (Å²) in [6.45, 7) is -0.0806. The number of para-hydroxylation sites is 1. The molecule has 4 aromatic rings. The lowest BCUT2D eigenvalue weighted by molar-refractivity contribution is -0.0710. The molecule has 0 radical (unpaired) electrons. The monoisotopic (exact) mass is 385 g/mol. The predicted molar refractivity (Wildman–Crippen MR) is 93.0 cm³/mol. The van der Waals surface area contributed by atoms with Gasteiger partial charge in [-0.3, -0.25) is 9.36 Å². The number of ether oxygens (including phenoxy) is 1. The van der Waals surface area contributed by atoms with Crippen LogP contribution in [0.25, 0.3) is 22.2 Å². The number of rotatable bonds is 4. The van der Waals surface area contributed by atoms with E-state index in [0.29, 0.717) is 11.0 Å².